The number of carbonyl (C=O) groups excluding carboxylic acids is 1. The van der Waals surface area contributed by atoms with Crippen LogP contribution in [0.1, 0.15) is 24.8 Å². The second kappa shape index (κ2) is 7.96. The average molecular weight is 379 g/mol. The Morgan fingerprint density at radius 3 is 2.78 bits per heavy atom. The summed E-state index contributed by atoms with van der Waals surface area (Å²) >= 11 is 1.89. The van der Waals surface area contributed by atoms with Crippen molar-refractivity contribution in [2.24, 2.45) is 0 Å². The molecular formula is C21H21N3O2S. The van der Waals surface area contributed by atoms with Crippen molar-refractivity contribution in [1.82, 2.24) is 14.8 Å². The summed E-state index contributed by atoms with van der Waals surface area (Å²) in [5, 5.41) is 6.15. The molecule has 1 saturated carbocycles. The van der Waals surface area contributed by atoms with Crippen molar-refractivity contribution in [3.05, 3.63) is 60.6 Å². The zero-order valence-corrected chi connectivity index (χ0v) is 16.0. The van der Waals surface area contributed by atoms with E-state index in [0.717, 1.165) is 21.8 Å². The molecule has 0 N–H and O–H groups in total. The lowest BCUT2D eigenvalue weighted by molar-refractivity contribution is -0.139. The first-order valence-corrected chi connectivity index (χ1v) is 9.94. The Bertz CT molecular complexity index is 933. The first kappa shape index (κ1) is 17.8. The number of hydrogen-bond donors (Lipinski definition) is 0. The van der Waals surface area contributed by atoms with E-state index in [9.17, 15) is 4.79 Å². The van der Waals surface area contributed by atoms with E-state index in [-0.39, 0.29) is 12.4 Å². The maximum Gasteiger partial charge on any atom is 0.310 e. The fraction of sp³-hybridized carbons (Fsp3) is 0.286. The first-order chi connectivity index (χ1) is 13.2. The molecule has 0 radical (unpaired) electrons. The fourth-order valence-corrected chi connectivity index (χ4v) is 4.30. The largest absolute Gasteiger partial charge is 0.469 e. The summed E-state index contributed by atoms with van der Waals surface area (Å²) < 4.78 is 6.47. The molecule has 2 aromatic heterocycles. The first-order valence-electron chi connectivity index (χ1n) is 9.06. The van der Waals surface area contributed by atoms with Crippen molar-refractivity contribution in [3.63, 3.8) is 0 Å². The van der Waals surface area contributed by atoms with Crippen LogP contribution in [0.25, 0.3) is 16.8 Å². The predicted octanol–water partition coefficient (Wildman–Crippen LogP) is 4.29. The van der Waals surface area contributed by atoms with Crippen LogP contribution >= 0.6 is 11.8 Å². The fourth-order valence-electron chi connectivity index (χ4n) is 2.98. The molecule has 0 spiro atoms. The average Bonchev–Trinajstić information content (AvgIpc) is 3.13. The highest BCUT2D eigenvalue weighted by atomic mass is 32.2. The molecule has 0 bridgehead atoms. The van der Waals surface area contributed by atoms with Gasteiger partial charge < -0.3 is 4.74 Å². The van der Waals surface area contributed by atoms with E-state index in [1.165, 1.54) is 31.9 Å². The molecule has 1 fully saturated rings. The number of esters is 1. The van der Waals surface area contributed by atoms with E-state index < -0.39 is 0 Å². The van der Waals surface area contributed by atoms with Gasteiger partial charge in [0.25, 0.3) is 0 Å². The van der Waals surface area contributed by atoms with Crippen molar-refractivity contribution in [1.29, 1.82) is 0 Å². The standard InChI is InChI=1S/C21H21N3O2S/c1-26-20(25)12-15-13-23-24(14-15)17-9-7-16(8-10-17)19-6-3-11-22-21(19)27-18-4-2-5-18/h3,6-11,13-14,18H,2,4-5,12H2,1H3. The molecule has 27 heavy (non-hydrogen) atoms. The molecular weight excluding hydrogens is 358 g/mol. The summed E-state index contributed by atoms with van der Waals surface area (Å²) in [6.07, 6.45) is 9.54. The topological polar surface area (TPSA) is 57.0 Å². The van der Waals surface area contributed by atoms with Gasteiger partial charge in [-0.15, -0.1) is 11.8 Å². The maximum absolute atomic E-state index is 11.4. The van der Waals surface area contributed by atoms with Crippen LogP contribution in [-0.2, 0) is 16.0 Å². The highest BCUT2D eigenvalue weighted by molar-refractivity contribution is 8.00. The predicted molar refractivity (Wildman–Crippen MR) is 106 cm³/mol. The van der Waals surface area contributed by atoms with Crippen molar-refractivity contribution >= 4 is 17.7 Å². The lowest BCUT2D eigenvalue weighted by Crippen LogP contribution is -2.13. The molecule has 0 amide bonds. The molecule has 1 aliphatic carbocycles. The second-order valence-electron chi connectivity index (χ2n) is 6.62. The van der Waals surface area contributed by atoms with Gasteiger partial charge in [0.2, 0.25) is 0 Å². The third kappa shape index (κ3) is 4.06. The smallest absolute Gasteiger partial charge is 0.310 e. The van der Waals surface area contributed by atoms with Crippen molar-refractivity contribution < 1.29 is 9.53 Å². The minimum absolute atomic E-state index is 0.228. The third-order valence-corrected chi connectivity index (χ3v) is 6.11. The number of rotatable bonds is 6. The Hall–Kier alpha value is -2.60. The van der Waals surface area contributed by atoms with E-state index in [1.54, 1.807) is 10.9 Å². The van der Waals surface area contributed by atoms with Crippen LogP contribution in [0.5, 0.6) is 0 Å². The Balaban J connectivity index is 1.53. The number of pyridine rings is 1. The maximum atomic E-state index is 11.4. The van der Waals surface area contributed by atoms with Crippen LogP contribution in [0.3, 0.4) is 0 Å². The van der Waals surface area contributed by atoms with Gasteiger partial charge in [-0.1, -0.05) is 24.6 Å². The Morgan fingerprint density at radius 1 is 1.26 bits per heavy atom. The quantitative estimate of drug-likeness (QED) is 0.598. The van der Waals surface area contributed by atoms with Gasteiger partial charge in [-0.2, -0.15) is 5.10 Å². The van der Waals surface area contributed by atoms with Crippen LogP contribution in [0.2, 0.25) is 0 Å². The summed E-state index contributed by atoms with van der Waals surface area (Å²) in [4.78, 5) is 16.0. The number of methoxy groups -OCH3 is 1. The van der Waals surface area contributed by atoms with Gasteiger partial charge in [0.05, 0.1) is 25.4 Å². The van der Waals surface area contributed by atoms with E-state index in [2.05, 4.69) is 28.3 Å². The van der Waals surface area contributed by atoms with Gasteiger partial charge in [-0.25, -0.2) is 9.67 Å². The lowest BCUT2D eigenvalue weighted by Gasteiger charge is -2.24. The van der Waals surface area contributed by atoms with Gasteiger partial charge in [-0.3, -0.25) is 4.79 Å². The van der Waals surface area contributed by atoms with E-state index in [0.29, 0.717) is 5.25 Å². The molecule has 4 rings (SSSR count). The van der Waals surface area contributed by atoms with Gasteiger partial charge in [0, 0.05) is 28.8 Å². The molecule has 3 aromatic rings. The minimum Gasteiger partial charge on any atom is -0.469 e. The van der Waals surface area contributed by atoms with Crippen LogP contribution < -0.4 is 0 Å². The van der Waals surface area contributed by atoms with Gasteiger partial charge in [0.15, 0.2) is 0 Å². The molecule has 6 heteroatoms. The van der Waals surface area contributed by atoms with Crippen molar-refractivity contribution in [3.8, 4) is 16.8 Å². The third-order valence-electron chi connectivity index (χ3n) is 4.76. The summed E-state index contributed by atoms with van der Waals surface area (Å²) in [5.41, 5.74) is 4.10. The van der Waals surface area contributed by atoms with Crippen LogP contribution in [0, 0.1) is 0 Å². The van der Waals surface area contributed by atoms with Crippen LogP contribution in [0.4, 0.5) is 0 Å². The normalized spacial score (nSPS) is 14.0. The Kier molecular flexibility index (Phi) is 5.25. The van der Waals surface area contributed by atoms with Gasteiger partial charge in [0.1, 0.15) is 5.03 Å². The molecule has 1 aromatic carbocycles. The number of benzene rings is 1. The number of hydrogen-bond acceptors (Lipinski definition) is 5. The van der Waals surface area contributed by atoms with Crippen molar-refractivity contribution in [2.75, 3.05) is 7.11 Å². The molecule has 1 aliphatic rings. The lowest BCUT2D eigenvalue weighted by atomic mass is 10.00. The number of thioether (sulfide) groups is 1. The van der Waals surface area contributed by atoms with E-state index in [4.69, 9.17) is 4.74 Å². The molecule has 0 saturated heterocycles. The molecule has 138 valence electrons. The van der Waals surface area contributed by atoms with Crippen LogP contribution in [0.15, 0.2) is 60.0 Å². The minimum atomic E-state index is -0.266. The second-order valence-corrected chi connectivity index (χ2v) is 7.91. The van der Waals surface area contributed by atoms with Crippen molar-refractivity contribution in [2.45, 2.75) is 36.0 Å². The van der Waals surface area contributed by atoms with Gasteiger partial charge >= 0.3 is 5.97 Å². The number of nitrogens with zero attached hydrogens (tertiary/aromatic N) is 3. The van der Waals surface area contributed by atoms with Crippen LogP contribution in [-0.4, -0.2) is 33.1 Å². The molecule has 0 atom stereocenters. The number of aromatic nitrogens is 3. The van der Waals surface area contributed by atoms with E-state index >= 15 is 0 Å². The van der Waals surface area contributed by atoms with E-state index in [1.807, 2.05) is 42.4 Å². The molecule has 0 unspecified atom stereocenters. The highest BCUT2D eigenvalue weighted by Gasteiger charge is 2.20. The zero-order valence-electron chi connectivity index (χ0n) is 15.2. The van der Waals surface area contributed by atoms with Gasteiger partial charge in [-0.05, 0) is 36.6 Å². The summed E-state index contributed by atoms with van der Waals surface area (Å²) in [6, 6.07) is 12.4. The zero-order chi connectivity index (χ0) is 18.6. The number of carbonyl (C=O) groups is 1. The Morgan fingerprint density at radius 2 is 2.07 bits per heavy atom. The molecule has 0 aliphatic heterocycles. The summed E-state index contributed by atoms with van der Waals surface area (Å²) in [5.74, 6) is -0.266. The SMILES string of the molecule is COC(=O)Cc1cnn(-c2ccc(-c3cccnc3SC3CCC3)cc2)c1. The summed E-state index contributed by atoms with van der Waals surface area (Å²) in [6.45, 7) is 0. The summed E-state index contributed by atoms with van der Waals surface area (Å²) in [7, 11) is 1.39. The Labute approximate surface area is 162 Å². The highest BCUT2D eigenvalue weighted by Crippen LogP contribution is 2.39. The number of ether oxygens (including phenoxy) is 1. The molecule has 2 heterocycles. The molecule has 5 nitrogen and oxygen atoms in total. The monoisotopic (exact) mass is 379 g/mol.